The van der Waals surface area contributed by atoms with Crippen molar-refractivity contribution in [2.24, 2.45) is 11.8 Å². The molecule has 0 radical (unpaired) electrons. The van der Waals surface area contributed by atoms with Crippen LogP contribution in [0.2, 0.25) is 0 Å². The number of likely N-dealkylation sites (N-methyl/N-ethyl adjacent to an activating group) is 1. The molecule has 2 aliphatic heterocycles. The molecule has 4 heteroatoms. The highest BCUT2D eigenvalue weighted by Crippen LogP contribution is 2.35. The Kier molecular flexibility index (Phi) is 5.17. The zero-order valence-corrected chi connectivity index (χ0v) is 13.4. The molecule has 1 aliphatic carbocycles. The summed E-state index contributed by atoms with van der Waals surface area (Å²) in [5, 5.41) is 3.42. The molecule has 2 saturated heterocycles. The van der Waals surface area contributed by atoms with Crippen LogP contribution in [0.25, 0.3) is 0 Å². The van der Waals surface area contributed by atoms with Crippen LogP contribution in [0.5, 0.6) is 0 Å². The highest BCUT2D eigenvalue weighted by atomic mass is 16.5. The van der Waals surface area contributed by atoms with Crippen molar-refractivity contribution in [1.29, 1.82) is 0 Å². The summed E-state index contributed by atoms with van der Waals surface area (Å²) < 4.78 is 5.57. The fourth-order valence-electron chi connectivity index (χ4n) is 4.55. The first kappa shape index (κ1) is 15.3. The number of ether oxygens (including phenoxy) is 1. The number of rotatable bonds is 4. The number of carbonyl (C=O) groups excluding carboxylic acids is 1. The van der Waals surface area contributed by atoms with Gasteiger partial charge in [0.25, 0.3) is 0 Å². The third kappa shape index (κ3) is 3.26. The van der Waals surface area contributed by atoms with Crippen LogP contribution in [0.3, 0.4) is 0 Å². The molecular formula is C17H30N2O2. The van der Waals surface area contributed by atoms with E-state index in [1.807, 2.05) is 0 Å². The molecule has 0 spiro atoms. The first-order valence-electron chi connectivity index (χ1n) is 8.93. The van der Waals surface area contributed by atoms with Crippen molar-refractivity contribution in [1.82, 2.24) is 10.2 Å². The van der Waals surface area contributed by atoms with Gasteiger partial charge in [-0.25, -0.2) is 0 Å². The van der Waals surface area contributed by atoms with Gasteiger partial charge in [-0.2, -0.15) is 0 Å². The van der Waals surface area contributed by atoms with Crippen LogP contribution in [0, 0.1) is 11.8 Å². The second-order valence-electron chi connectivity index (χ2n) is 6.95. The van der Waals surface area contributed by atoms with Crippen molar-refractivity contribution in [2.75, 3.05) is 26.3 Å². The predicted molar refractivity (Wildman–Crippen MR) is 83.1 cm³/mol. The molecule has 3 atom stereocenters. The van der Waals surface area contributed by atoms with Gasteiger partial charge in [0.1, 0.15) is 0 Å². The fourth-order valence-corrected chi connectivity index (χ4v) is 4.55. The van der Waals surface area contributed by atoms with Crippen LogP contribution in [-0.4, -0.2) is 49.2 Å². The second kappa shape index (κ2) is 7.10. The zero-order valence-electron chi connectivity index (χ0n) is 13.4. The van der Waals surface area contributed by atoms with Gasteiger partial charge in [-0.3, -0.25) is 4.79 Å². The molecule has 3 unspecified atom stereocenters. The first-order valence-corrected chi connectivity index (χ1v) is 8.93. The van der Waals surface area contributed by atoms with Crippen molar-refractivity contribution in [3.8, 4) is 0 Å². The predicted octanol–water partition coefficient (Wildman–Crippen LogP) is 2.18. The van der Waals surface area contributed by atoms with Gasteiger partial charge in [0.05, 0.1) is 19.1 Å². The van der Waals surface area contributed by atoms with Gasteiger partial charge < -0.3 is 15.0 Å². The molecule has 0 bridgehead atoms. The molecule has 1 saturated carbocycles. The van der Waals surface area contributed by atoms with Crippen LogP contribution in [0.1, 0.15) is 51.9 Å². The van der Waals surface area contributed by atoms with E-state index in [0.717, 1.165) is 19.0 Å². The third-order valence-corrected chi connectivity index (χ3v) is 5.64. The molecule has 3 fully saturated rings. The lowest BCUT2D eigenvalue weighted by atomic mass is 9.82. The summed E-state index contributed by atoms with van der Waals surface area (Å²) in [5.41, 5.74) is 0. The third-order valence-electron chi connectivity index (χ3n) is 5.64. The summed E-state index contributed by atoms with van der Waals surface area (Å²) in [6, 6.07) is 0.732. The Morgan fingerprint density at radius 2 is 1.95 bits per heavy atom. The smallest absolute Gasteiger partial charge is 0.229 e. The van der Waals surface area contributed by atoms with Gasteiger partial charge in [0.2, 0.25) is 5.91 Å². The average Bonchev–Trinajstić information content (AvgIpc) is 3.17. The summed E-state index contributed by atoms with van der Waals surface area (Å²) in [4.78, 5) is 15.2. The van der Waals surface area contributed by atoms with E-state index in [1.54, 1.807) is 0 Å². The normalized spacial score (nSPS) is 34.5. The van der Waals surface area contributed by atoms with E-state index in [2.05, 4.69) is 17.1 Å². The molecule has 21 heavy (non-hydrogen) atoms. The summed E-state index contributed by atoms with van der Waals surface area (Å²) in [6.07, 6.45) is 9.16. The van der Waals surface area contributed by atoms with Crippen LogP contribution < -0.4 is 5.32 Å². The van der Waals surface area contributed by atoms with Crippen LogP contribution in [0.4, 0.5) is 0 Å². The summed E-state index contributed by atoms with van der Waals surface area (Å²) >= 11 is 0. The van der Waals surface area contributed by atoms with Crippen LogP contribution in [0.15, 0.2) is 0 Å². The molecule has 2 heterocycles. The van der Waals surface area contributed by atoms with E-state index < -0.39 is 0 Å². The topological polar surface area (TPSA) is 41.6 Å². The Hall–Kier alpha value is -0.610. The molecule has 0 aromatic carbocycles. The first-order chi connectivity index (χ1) is 10.3. The molecule has 0 aromatic heterocycles. The van der Waals surface area contributed by atoms with Crippen molar-refractivity contribution < 1.29 is 9.53 Å². The summed E-state index contributed by atoms with van der Waals surface area (Å²) in [7, 11) is 0. The van der Waals surface area contributed by atoms with Gasteiger partial charge in [-0.15, -0.1) is 0 Å². The maximum Gasteiger partial charge on any atom is 0.229 e. The van der Waals surface area contributed by atoms with Gasteiger partial charge in [0, 0.05) is 18.6 Å². The minimum Gasteiger partial charge on any atom is -0.379 e. The Labute approximate surface area is 128 Å². The van der Waals surface area contributed by atoms with Crippen LogP contribution >= 0.6 is 0 Å². The molecule has 0 aromatic rings. The molecule has 1 amide bonds. The van der Waals surface area contributed by atoms with Gasteiger partial charge in [-0.05, 0) is 38.1 Å². The molecule has 4 nitrogen and oxygen atoms in total. The fraction of sp³-hybridized carbons (Fsp3) is 0.941. The maximum atomic E-state index is 13.0. The van der Waals surface area contributed by atoms with Crippen LogP contribution in [-0.2, 0) is 9.53 Å². The summed E-state index contributed by atoms with van der Waals surface area (Å²) in [6.45, 7) is 5.26. The van der Waals surface area contributed by atoms with E-state index in [0.29, 0.717) is 25.2 Å². The molecule has 1 N–H and O–H groups in total. The van der Waals surface area contributed by atoms with Crippen molar-refractivity contribution in [3.63, 3.8) is 0 Å². The number of nitrogens with zero attached hydrogens (tertiary/aromatic N) is 1. The minimum absolute atomic E-state index is 0.0362. The van der Waals surface area contributed by atoms with E-state index in [1.165, 1.54) is 44.9 Å². The molecule has 120 valence electrons. The Morgan fingerprint density at radius 1 is 1.14 bits per heavy atom. The lowest BCUT2D eigenvalue weighted by Crippen LogP contribution is -2.49. The highest BCUT2D eigenvalue weighted by molar-refractivity contribution is 5.80. The molecular weight excluding hydrogens is 264 g/mol. The van der Waals surface area contributed by atoms with E-state index in [4.69, 9.17) is 4.74 Å². The number of likely N-dealkylation sites (tertiary alicyclic amines) is 1. The number of carbonyl (C=O) groups is 1. The lowest BCUT2D eigenvalue weighted by Gasteiger charge is -2.36. The average molecular weight is 294 g/mol. The Bertz CT molecular complexity index is 355. The van der Waals surface area contributed by atoms with E-state index >= 15 is 0 Å². The zero-order chi connectivity index (χ0) is 14.7. The SMILES string of the molecule is CCNC1COCC1C(=O)N1CCCC1C1CCCCC1. The standard InChI is InChI=1S/C17H30N2O2/c1-2-18-15-12-21-11-14(15)17(20)19-10-6-9-16(19)13-7-4-3-5-8-13/h13-16,18H,2-12H2,1H3. The summed E-state index contributed by atoms with van der Waals surface area (Å²) in [5.74, 6) is 1.14. The Balaban J connectivity index is 1.65. The van der Waals surface area contributed by atoms with Crippen molar-refractivity contribution in [2.45, 2.75) is 64.0 Å². The van der Waals surface area contributed by atoms with E-state index in [9.17, 15) is 4.79 Å². The van der Waals surface area contributed by atoms with Gasteiger partial charge >= 0.3 is 0 Å². The second-order valence-corrected chi connectivity index (χ2v) is 6.95. The lowest BCUT2D eigenvalue weighted by molar-refractivity contribution is -0.138. The molecule has 3 rings (SSSR count). The molecule has 3 aliphatic rings. The number of hydrogen-bond donors (Lipinski definition) is 1. The Morgan fingerprint density at radius 3 is 2.71 bits per heavy atom. The van der Waals surface area contributed by atoms with Crippen molar-refractivity contribution in [3.05, 3.63) is 0 Å². The number of amides is 1. The van der Waals surface area contributed by atoms with Gasteiger partial charge in [-0.1, -0.05) is 26.2 Å². The monoisotopic (exact) mass is 294 g/mol. The van der Waals surface area contributed by atoms with E-state index in [-0.39, 0.29) is 12.0 Å². The maximum absolute atomic E-state index is 13.0. The number of hydrogen-bond acceptors (Lipinski definition) is 3. The highest BCUT2D eigenvalue weighted by Gasteiger charge is 2.41. The van der Waals surface area contributed by atoms with Crippen molar-refractivity contribution >= 4 is 5.91 Å². The minimum atomic E-state index is 0.0362. The van der Waals surface area contributed by atoms with Gasteiger partial charge in [0.15, 0.2) is 0 Å². The number of nitrogens with one attached hydrogen (secondary N) is 1. The quantitative estimate of drug-likeness (QED) is 0.864. The largest absolute Gasteiger partial charge is 0.379 e.